The Morgan fingerprint density at radius 3 is 2.89 bits per heavy atom. The summed E-state index contributed by atoms with van der Waals surface area (Å²) in [7, 11) is 1.38. The van der Waals surface area contributed by atoms with Crippen LogP contribution in [0.25, 0.3) is 0 Å². The maximum absolute atomic E-state index is 13.0. The summed E-state index contributed by atoms with van der Waals surface area (Å²) in [4.78, 5) is 11.8. The van der Waals surface area contributed by atoms with E-state index in [1.807, 2.05) is 0 Å². The number of rotatable bonds is 3. The van der Waals surface area contributed by atoms with Crippen LogP contribution < -0.4 is 10.1 Å². The van der Waals surface area contributed by atoms with Crippen LogP contribution in [-0.2, 0) is 0 Å². The number of ether oxygens (including phenoxy) is 1. The van der Waals surface area contributed by atoms with Crippen LogP contribution >= 0.6 is 22.9 Å². The summed E-state index contributed by atoms with van der Waals surface area (Å²) in [6, 6.07) is 3.78. The summed E-state index contributed by atoms with van der Waals surface area (Å²) in [6.07, 6.45) is 0. The highest BCUT2D eigenvalue weighted by Gasteiger charge is 2.14. The molecule has 0 saturated heterocycles. The van der Waals surface area contributed by atoms with Gasteiger partial charge in [0.15, 0.2) is 0 Å². The zero-order chi connectivity index (χ0) is 13.1. The number of carbonyl (C=O) groups is 1. The summed E-state index contributed by atoms with van der Waals surface area (Å²) in [6.45, 7) is 0. The van der Waals surface area contributed by atoms with E-state index < -0.39 is 11.7 Å². The molecule has 0 bridgehead atoms. The third-order valence-corrected chi connectivity index (χ3v) is 3.02. The molecule has 0 spiro atoms. The van der Waals surface area contributed by atoms with Gasteiger partial charge in [-0.1, -0.05) is 11.3 Å². The van der Waals surface area contributed by atoms with Crippen molar-refractivity contribution in [1.29, 1.82) is 0 Å². The molecule has 1 aromatic carbocycles. The van der Waals surface area contributed by atoms with Crippen molar-refractivity contribution >= 4 is 34.5 Å². The van der Waals surface area contributed by atoms with Crippen LogP contribution in [0.2, 0.25) is 4.47 Å². The van der Waals surface area contributed by atoms with E-state index in [9.17, 15) is 9.18 Å². The number of nitrogens with one attached hydrogen (secondary N) is 1. The molecule has 2 aromatic rings. The van der Waals surface area contributed by atoms with E-state index in [-0.39, 0.29) is 15.2 Å². The number of halogens is 2. The smallest absolute Gasteiger partial charge is 0.286 e. The van der Waals surface area contributed by atoms with Gasteiger partial charge in [0.2, 0.25) is 9.47 Å². The molecule has 1 amide bonds. The highest BCUT2D eigenvalue weighted by atomic mass is 35.5. The highest BCUT2D eigenvalue weighted by molar-refractivity contribution is 7.17. The molecule has 0 radical (unpaired) electrons. The van der Waals surface area contributed by atoms with Crippen LogP contribution in [0.3, 0.4) is 0 Å². The zero-order valence-corrected chi connectivity index (χ0v) is 10.7. The first-order valence-corrected chi connectivity index (χ1v) is 5.93. The minimum absolute atomic E-state index is 0.117. The maximum Gasteiger partial charge on any atom is 0.286 e. The number of hydrogen-bond acceptors (Lipinski definition) is 5. The molecule has 0 saturated carbocycles. The second-order valence-electron chi connectivity index (χ2n) is 3.16. The number of hydrogen-bond donors (Lipinski definition) is 1. The fourth-order valence-electron chi connectivity index (χ4n) is 1.24. The lowest BCUT2D eigenvalue weighted by Crippen LogP contribution is -2.12. The highest BCUT2D eigenvalue weighted by Crippen LogP contribution is 2.26. The van der Waals surface area contributed by atoms with Gasteiger partial charge in [-0.05, 0) is 23.7 Å². The second-order valence-corrected chi connectivity index (χ2v) is 4.72. The Hall–Kier alpha value is -1.73. The summed E-state index contributed by atoms with van der Waals surface area (Å²) in [5.74, 6) is -0.716. The zero-order valence-electron chi connectivity index (χ0n) is 9.11. The van der Waals surface area contributed by atoms with Gasteiger partial charge in [0.05, 0.1) is 12.8 Å². The average molecular weight is 288 g/mol. The van der Waals surface area contributed by atoms with Gasteiger partial charge in [0, 0.05) is 6.07 Å². The van der Waals surface area contributed by atoms with Crippen LogP contribution in [0, 0.1) is 5.82 Å². The largest absolute Gasteiger partial charge is 0.494 e. The van der Waals surface area contributed by atoms with Crippen molar-refractivity contribution in [2.45, 2.75) is 0 Å². The van der Waals surface area contributed by atoms with Crippen molar-refractivity contribution in [1.82, 2.24) is 10.2 Å². The van der Waals surface area contributed by atoms with E-state index in [4.69, 9.17) is 16.3 Å². The van der Waals surface area contributed by atoms with Crippen LogP contribution in [0.4, 0.5) is 10.1 Å². The lowest BCUT2D eigenvalue weighted by Gasteiger charge is -2.08. The Bertz CT molecular complexity index is 590. The minimum Gasteiger partial charge on any atom is -0.494 e. The van der Waals surface area contributed by atoms with Gasteiger partial charge in [-0.25, -0.2) is 4.39 Å². The predicted molar refractivity (Wildman–Crippen MR) is 65.8 cm³/mol. The third kappa shape index (κ3) is 2.74. The summed E-state index contributed by atoms with van der Waals surface area (Å²) >= 11 is 6.53. The first-order valence-electron chi connectivity index (χ1n) is 4.74. The third-order valence-electron chi connectivity index (χ3n) is 2.01. The van der Waals surface area contributed by atoms with Gasteiger partial charge in [-0.3, -0.25) is 4.79 Å². The Morgan fingerprint density at radius 2 is 2.28 bits per heavy atom. The molecule has 0 atom stereocenters. The molecule has 94 valence electrons. The molecular formula is C10H7ClFN3O2S. The quantitative estimate of drug-likeness (QED) is 0.942. The molecule has 0 aliphatic rings. The van der Waals surface area contributed by atoms with Crippen molar-refractivity contribution in [3.63, 3.8) is 0 Å². The molecule has 2 rings (SSSR count). The Kier molecular flexibility index (Phi) is 3.73. The Balaban J connectivity index is 2.21. The molecule has 18 heavy (non-hydrogen) atoms. The lowest BCUT2D eigenvalue weighted by molar-refractivity contribution is 0.102. The normalized spacial score (nSPS) is 10.2. The molecule has 8 heteroatoms. The minimum atomic E-state index is -0.482. The van der Waals surface area contributed by atoms with Gasteiger partial charge in [-0.15, -0.1) is 10.2 Å². The van der Waals surface area contributed by atoms with E-state index in [1.165, 1.54) is 25.3 Å². The van der Waals surface area contributed by atoms with Crippen molar-refractivity contribution in [3.8, 4) is 5.75 Å². The molecular weight excluding hydrogens is 281 g/mol. The number of amides is 1. The molecule has 5 nitrogen and oxygen atoms in total. The van der Waals surface area contributed by atoms with E-state index in [0.717, 1.165) is 11.3 Å². The number of methoxy groups -OCH3 is 1. The van der Waals surface area contributed by atoms with Crippen molar-refractivity contribution in [2.24, 2.45) is 0 Å². The Morgan fingerprint density at radius 1 is 1.50 bits per heavy atom. The summed E-state index contributed by atoms with van der Waals surface area (Å²) < 4.78 is 18.1. The number of carbonyl (C=O) groups excluding carboxylic acids is 1. The van der Waals surface area contributed by atoms with Crippen LogP contribution in [0.15, 0.2) is 18.2 Å². The van der Waals surface area contributed by atoms with E-state index in [0.29, 0.717) is 5.69 Å². The first kappa shape index (κ1) is 12.7. The van der Waals surface area contributed by atoms with Crippen molar-refractivity contribution in [2.75, 3.05) is 12.4 Å². The number of nitrogens with zero attached hydrogens (tertiary/aromatic N) is 2. The average Bonchev–Trinajstić information content (AvgIpc) is 2.78. The monoisotopic (exact) mass is 287 g/mol. The molecule has 1 heterocycles. The lowest BCUT2D eigenvalue weighted by atomic mass is 10.3. The molecule has 0 aliphatic carbocycles. The van der Waals surface area contributed by atoms with E-state index >= 15 is 0 Å². The number of benzene rings is 1. The maximum atomic E-state index is 13.0. The van der Waals surface area contributed by atoms with Crippen LogP contribution in [0.5, 0.6) is 5.75 Å². The topological polar surface area (TPSA) is 64.1 Å². The van der Waals surface area contributed by atoms with Gasteiger partial charge < -0.3 is 10.1 Å². The molecule has 1 N–H and O–H groups in total. The fourth-order valence-corrected chi connectivity index (χ4v) is 1.96. The van der Waals surface area contributed by atoms with Gasteiger partial charge in [0.25, 0.3) is 5.91 Å². The van der Waals surface area contributed by atoms with Gasteiger partial charge in [-0.2, -0.15) is 0 Å². The van der Waals surface area contributed by atoms with Crippen molar-refractivity contribution < 1.29 is 13.9 Å². The molecule has 0 aliphatic heterocycles. The molecule has 1 aromatic heterocycles. The predicted octanol–water partition coefficient (Wildman–Crippen LogP) is 2.59. The molecule has 0 fully saturated rings. The molecule has 0 unspecified atom stereocenters. The first-order chi connectivity index (χ1) is 8.60. The van der Waals surface area contributed by atoms with Crippen LogP contribution in [-0.4, -0.2) is 23.2 Å². The number of anilines is 1. The van der Waals surface area contributed by atoms with Crippen LogP contribution in [0.1, 0.15) is 9.80 Å². The number of aromatic nitrogens is 2. The van der Waals surface area contributed by atoms with E-state index in [1.54, 1.807) is 0 Å². The summed E-state index contributed by atoms with van der Waals surface area (Å²) in [5, 5.41) is 9.77. The van der Waals surface area contributed by atoms with Crippen molar-refractivity contribution in [3.05, 3.63) is 33.5 Å². The Labute approximate surface area is 111 Å². The van der Waals surface area contributed by atoms with Gasteiger partial charge in [0.1, 0.15) is 11.6 Å². The standard InChI is InChI=1S/C10H7ClFN3O2S/c1-17-7-4-5(12)2-3-6(7)13-8(16)9-14-15-10(11)18-9/h2-4H,1H3,(H,13,16). The second kappa shape index (κ2) is 5.28. The summed E-state index contributed by atoms with van der Waals surface area (Å²) in [5.41, 5.74) is 0.343. The van der Waals surface area contributed by atoms with E-state index in [2.05, 4.69) is 15.5 Å². The fraction of sp³-hybridized carbons (Fsp3) is 0.100. The SMILES string of the molecule is COc1cc(F)ccc1NC(=O)c1nnc(Cl)s1. The van der Waals surface area contributed by atoms with Gasteiger partial charge >= 0.3 is 0 Å².